The van der Waals surface area contributed by atoms with Crippen LogP contribution in [0, 0.1) is 46.8 Å². The molecule has 72 valence electrons. The van der Waals surface area contributed by atoms with E-state index in [0.717, 1.165) is 12.8 Å². The molecular formula is C8H19NdO2P. The second-order valence-electron chi connectivity index (χ2n) is 3.01. The van der Waals surface area contributed by atoms with Crippen molar-refractivity contribution in [3.05, 3.63) is 0 Å². The molecule has 0 aromatic carbocycles. The van der Waals surface area contributed by atoms with Crippen molar-refractivity contribution in [1.82, 2.24) is 0 Å². The van der Waals surface area contributed by atoms with Crippen LogP contribution < -0.4 is 0 Å². The normalized spacial score (nSPS) is 14.9. The number of hydrogen-bond acceptors (Lipinski definition) is 1. The predicted molar refractivity (Wildman–Crippen MR) is 49.4 cm³/mol. The molecule has 2 unspecified atom stereocenters. The molecule has 2 atom stereocenters. The maximum absolute atomic E-state index is 10.5. The molecule has 0 aliphatic carbocycles. The van der Waals surface area contributed by atoms with Crippen molar-refractivity contribution < 1.29 is 50.3 Å². The van der Waals surface area contributed by atoms with Crippen molar-refractivity contribution in [1.29, 1.82) is 0 Å². The third kappa shape index (κ3) is 9.63. The fraction of sp³-hybridized carbons (Fsp3) is 1.00. The molecule has 1 N–H and O–H groups in total. The maximum atomic E-state index is 10.5. The summed E-state index contributed by atoms with van der Waals surface area (Å²) in [5.41, 5.74) is 0. The van der Waals surface area contributed by atoms with Crippen LogP contribution in [0.5, 0.6) is 0 Å². The molecule has 0 saturated heterocycles. The van der Waals surface area contributed by atoms with Gasteiger partial charge in [0, 0.05) is 47.0 Å². The summed E-state index contributed by atoms with van der Waals surface area (Å²) in [7, 11) is -2.23. The Hall–Kier alpha value is 1.54. The van der Waals surface area contributed by atoms with Crippen LogP contribution in [0.3, 0.4) is 0 Å². The van der Waals surface area contributed by atoms with Gasteiger partial charge in [0.15, 0.2) is 8.03 Å². The van der Waals surface area contributed by atoms with Crippen molar-refractivity contribution in [2.75, 3.05) is 6.16 Å². The van der Waals surface area contributed by atoms with E-state index in [1.54, 1.807) is 0 Å². The number of rotatable bonds is 6. The SMILES string of the molecule is CCCCC(CC)C[PH](=O)O.[Nd]. The third-order valence-electron chi connectivity index (χ3n) is 2.01. The Morgan fingerprint density at radius 3 is 2.33 bits per heavy atom. The molecule has 0 amide bonds. The minimum absolute atomic E-state index is 0. The van der Waals surface area contributed by atoms with E-state index in [0.29, 0.717) is 12.1 Å². The van der Waals surface area contributed by atoms with Gasteiger partial charge in [-0.25, -0.2) is 0 Å². The molecule has 4 heteroatoms. The third-order valence-corrected chi connectivity index (χ3v) is 2.93. The van der Waals surface area contributed by atoms with Crippen molar-refractivity contribution in [3.63, 3.8) is 0 Å². The standard InChI is InChI=1S/C8H19O2P.Nd/c1-3-5-6-8(4-2)7-11(9)10;/h8,11H,3-7H2,1-2H3,(H,9,10);. The van der Waals surface area contributed by atoms with E-state index in [2.05, 4.69) is 13.8 Å². The van der Waals surface area contributed by atoms with Gasteiger partial charge in [-0.15, -0.1) is 0 Å². The van der Waals surface area contributed by atoms with E-state index in [9.17, 15) is 4.57 Å². The van der Waals surface area contributed by atoms with Gasteiger partial charge in [0.25, 0.3) is 0 Å². The Bertz CT molecular complexity index is 120. The van der Waals surface area contributed by atoms with Gasteiger partial charge < -0.3 is 4.89 Å². The second kappa shape index (κ2) is 10.6. The number of hydrogen-bond donors (Lipinski definition) is 1. The van der Waals surface area contributed by atoms with E-state index in [-0.39, 0.29) is 40.8 Å². The molecule has 0 aliphatic rings. The van der Waals surface area contributed by atoms with Crippen molar-refractivity contribution in [2.24, 2.45) is 5.92 Å². The minimum Gasteiger partial charge on any atom is -0.346 e. The van der Waals surface area contributed by atoms with Crippen LogP contribution in [0.25, 0.3) is 0 Å². The van der Waals surface area contributed by atoms with Gasteiger partial charge >= 0.3 is 0 Å². The van der Waals surface area contributed by atoms with Crippen molar-refractivity contribution in [3.8, 4) is 0 Å². The van der Waals surface area contributed by atoms with Crippen LogP contribution in [-0.4, -0.2) is 11.1 Å². The van der Waals surface area contributed by atoms with Crippen LogP contribution in [-0.2, 0) is 4.57 Å². The van der Waals surface area contributed by atoms with E-state index >= 15 is 0 Å². The van der Waals surface area contributed by atoms with Crippen LogP contribution in [0.2, 0.25) is 0 Å². The summed E-state index contributed by atoms with van der Waals surface area (Å²) in [6.07, 6.45) is 5.05. The molecule has 0 saturated carbocycles. The zero-order chi connectivity index (χ0) is 8.69. The maximum Gasteiger partial charge on any atom is 0.189 e. The molecule has 12 heavy (non-hydrogen) atoms. The zero-order valence-electron chi connectivity index (χ0n) is 7.97. The van der Waals surface area contributed by atoms with Crippen molar-refractivity contribution >= 4 is 8.03 Å². The van der Waals surface area contributed by atoms with Crippen LogP contribution in [0.1, 0.15) is 39.5 Å². The van der Waals surface area contributed by atoms with Crippen molar-refractivity contribution in [2.45, 2.75) is 39.5 Å². The predicted octanol–water partition coefficient (Wildman–Crippen LogP) is 2.67. The summed E-state index contributed by atoms with van der Waals surface area (Å²) >= 11 is 0. The van der Waals surface area contributed by atoms with E-state index in [1.807, 2.05) is 0 Å². The van der Waals surface area contributed by atoms with Gasteiger partial charge in [-0.2, -0.15) is 0 Å². The first kappa shape index (κ1) is 16.0. The number of unbranched alkanes of at least 4 members (excludes halogenated alkanes) is 1. The fourth-order valence-electron chi connectivity index (χ4n) is 1.19. The molecule has 0 fully saturated rings. The molecule has 0 heterocycles. The summed E-state index contributed by atoms with van der Waals surface area (Å²) in [5, 5.41) is 0. The van der Waals surface area contributed by atoms with Gasteiger partial charge in [0.1, 0.15) is 0 Å². The first-order valence-corrected chi connectivity index (χ1v) is 5.98. The summed E-state index contributed by atoms with van der Waals surface area (Å²) in [6.45, 7) is 4.24. The average molecular weight is 322 g/mol. The van der Waals surface area contributed by atoms with Gasteiger partial charge in [-0.1, -0.05) is 33.1 Å². The Morgan fingerprint density at radius 2 is 2.00 bits per heavy atom. The zero-order valence-corrected chi connectivity index (χ0v) is 12.2. The fourth-order valence-corrected chi connectivity index (χ4v) is 2.18. The largest absolute Gasteiger partial charge is 0.346 e. The van der Waals surface area contributed by atoms with Crippen LogP contribution in [0.4, 0.5) is 0 Å². The Balaban J connectivity index is 0. The first-order valence-electron chi connectivity index (χ1n) is 4.42. The van der Waals surface area contributed by atoms with Gasteiger partial charge in [-0.3, -0.25) is 4.57 Å². The monoisotopic (exact) mass is 320 g/mol. The van der Waals surface area contributed by atoms with E-state index < -0.39 is 8.03 Å². The second-order valence-corrected chi connectivity index (χ2v) is 4.21. The topological polar surface area (TPSA) is 37.3 Å². The summed E-state index contributed by atoms with van der Waals surface area (Å²) in [5.74, 6) is 0.478. The van der Waals surface area contributed by atoms with Gasteiger partial charge in [0.05, 0.1) is 0 Å². The Morgan fingerprint density at radius 1 is 1.42 bits per heavy atom. The molecule has 2 nitrogen and oxygen atoms in total. The summed E-state index contributed by atoms with van der Waals surface area (Å²) < 4.78 is 10.5. The molecule has 0 aliphatic heterocycles. The molecule has 0 bridgehead atoms. The summed E-state index contributed by atoms with van der Waals surface area (Å²) in [4.78, 5) is 8.70. The van der Waals surface area contributed by atoms with E-state index in [1.165, 1.54) is 12.8 Å². The average Bonchev–Trinajstić information content (AvgIpc) is 1.97. The summed E-state index contributed by atoms with van der Waals surface area (Å²) in [6, 6.07) is 0. The Labute approximate surface area is 109 Å². The van der Waals surface area contributed by atoms with Crippen LogP contribution in [0.15, 0.2) is 0 Å². The molecule has 0 rings (SSSR count). The molecule has 0 radical (unpaired) electrons. The van der Waals surface area contributed by atoms with Gasteiger partial charge in [0.2, 0.25) is 0 Å². The molecule has 0 spiro atoms. The minimum atomic E-state index is -2.23. The van der Waals surface area contributed by atoms with Gasteiger partial charge in [-0.05, 0) is 12.3 Å². The quantitative estimate of drug-likeness (QED) is 0.764. The van der Waals surface area contributed by atoms with E-state index in [4.69, 9.17) is 4.89 Å². The molecule has 0 aromatic heterocycles. The van der Waals surface area contributed by atoms with Crippen LogP contribution >= 0.6 is 8.03 Å². The molecule has 0 aromatic rings. The smallest absolute Gasteiger partial charge is 0.189 e. The molecular weight excluding hydrogens is 303 g/mol. The Kier molecular flexibility index (Phi) is 14.2. The first-order chi connectivity index (χ1) is 5.20.